The van der Waals surface area contributed by atoms with Gasteiger partial charge in [-0.2, -0.15) is 0 Å². The van der Waals surface area contributed by atoms with Crippen molar-refractivity contribution in [3.05, 3.63) is 71.8 Å². The minimum Gasteiger partial charge on any atom is -1.00 e. The van der Waals surface area contributed by atoms with E-state index in [1.54, 1.807) is 0 Å². The number of Topliss-reactive ketones (excluding diaryl/α,β-unsaturated/α-hetero) is 1. The predicted octanol–water partition coefficient (Wildman–Crippen LogP) is -0.143. The van der Waals surface area contributed by atoms with Crippen LogP contribution in [0.5, 0.6) is 0 Å². The number of hydrogen-bond donors (Lipinski definition) is 1. The lowest BCUT2D eigenvalue weighted by Gasteiger charge is -2.46. The van der Waals surface area contributed by atoms with Gasteiger partial charge in [-0.3, -0.25) is 4.79 Å². The second kappa shape index (κ2) is 7.33. The van der Waals surface area contributed by atoms with Crippen LogP contribution in [0.15, 0.2) is 60.7 Å². The number of benzene rings is 2. The van der Waals surface area contributed by atoms with Crippen molar-refractivity contribution in [1.82, 2.24) is 0 Å². The number of aliphatic hydroxyl groups is 1. The molecule has 0 bridgehead atoms. The van der Waals surface area contributed by atoms with Gasteiger partial charge in [0, 0.05) is 12.0 Å². The van der Waals surface area contributed by atoms with Crippen molar-refractivity contribution in [2.75, 3.05) is 27.2 Å². The fourth-order valence-corrected chi connectivity index (χ4v) is 3.56. The number of halogens is 1. The Kier molecular flexibility index (Phi) is 5.83. The van der Waals surface area contributed by atoms with Crippen LogP contribution >= 0.6 is 0 Å². The molecule has 0 spiro atoms. The SMILES string of the molecule is C[N+]1(C)CCC(O)(c2ccccc2)C(C(=O)c2ccccc2)C1.[I-]. The Bertz CT molecular complexity index is 687. The van der Waals surface area contributed by atoms with Crippen LogP contribution in [0, 0.1) is 5.92 Å². The van der Waals surface area contributed by atoms with Crippen molar-refractivity contribution >= 4 is 5.78 Å². The maximum absolute atomic E-state index is 13.1. The van der Waals surface area contributed by atoms with E-state index in [2.05, 4.69) is 14.1 Å². The lowest BCUT2D eigenvalue weighted by Crippen LogP contribution is -3.00. The van der Waals surface area contributed by atoms with Crippen LogP contribution in [0.2, 0.25) is 0 Å². The van der Waals surface area contributed by atoms with Crippen molar-refractivity contribution in [3.8, 4) is 0 Å². The summed E-state index contributed by atoms with van der Waals surface area (Å²) in [6, 6.07) is 19.0. The molecule has 0 aliphatic carbocycles. The molecule has 2 aromatic carbocycles. The number of carbonyl (C=O) groups is 1. The van der Waals surface area contributed by atoms with Gasteiger partial charge in [0.1, 0.15) is 11.5 Å². The van der Waals surface area contributed by atoms with E-state index >= 15 is 0 Å². The second-order valence-corrected chi connectivity index (χ2v) is 7.17. The van der Waals surface area contributed by atoms with Crippen LogP contribution in [0.1, 0.15) is 22.3 Å². The molecule has 1 heterocycles. The largest absolute Gasteiger partial charge is 1.00 e. The van der Waals surface area contributed by atoms with Gasteiger partial charge in [-0.25, -0.2) is 0 Å². The third-order valence-electron chi connectivity index (χ3n) is 5.00. The molecular formula is C20H24INO2. The van der Waals surface area contributed by atoms with E-state index in [-0.39, 0.29) is 29.8 Å². The van der Waals surface area contributed by atoms with Crippen molar-refractivity contribution in [2.24, 2.45) is 5.92 Å². The van der Waals surface area contributed by atoms with E-state index in [0.717, 1.165) is 16.6 Å². The molecule has 0 radical (unpaired) electrons. The van der Waals surface area contributed by atoms with E-state index < -0.39 is 11.5 Å². The molecule has 3 rings (SSSR count). The minimum absolute atomic E-state index is 0. The van der Waals surface area contributed by atoms with Crippen LogP contribution in [-0.2, 0) is 5.60 Å². The summed E-state index contributed by atoms with van der Waals surface area (Å²) < 4.78 is 0.748. The van der Waals surface area contributed by atoms with E-state index in [1.165, 1.54) is 0 Å². The Labute approximate surface area is 160 Å². The van der Waals surface area contributed by atoms with Crippen molar-refractivity contribution < 1.29 is 38.4 Å². The third-order valence-corrected chi connectivity index (χ3v) is 5.00. The average molecular weight is 437 g/mol. The molecule has 1 saturated heterocycles. The minimum atomic E-state index is -1.10. The lowest BCUT2D eigenvalue weighted by molar-refractivity contribution is -0.900. The maximum atomic E-state index is 13.1. The second-order valence-electron chi connectivity index (χ2n) is 7.17. The Morgan fingerprint density at radius 1 is 1.04 bits per heavy atom. The van der Waals surface area contributed by atoms with Gasteiger partial charge in [-0.05, 0) is 5.56 Å². The predicted molar refractivity (Wildman–Crippen MR) is 91.1 cm³/mol. The molecule has 3 nitrogen and oxygen atoms in total. The Morgan fingerprint density at radius 2 is 1.58 bits per heavy atom. The van der Waals surface area contributed by atoms with Gasteiger partial charge < -0.3 is 33.6 Å². The molecule has 1 fully saturated rings. The zero-order valence-electron chi connectivity index (χ0n) is 14.2. The fraction of sp³-hybridized carbons (Fsp3) is 0.350. The van der Waals surface area contributed by atoms with E-state index in [0.29, 0.717) is 18.5 Å². The molecule has 0 amide bonds. The smallest absolute Gasteiger partial charge is 0.174 e. The lowest BCUT2D eigenvalue weighted by atomic mass is 9.72. The zero-order valence-corrected chi connectivity index (χ0v) is 16.3. The van der Waals surface area contributed by atoms with Crippen molar-refractivity contribution in [3.63, 3.8) is 0 Å². The first kappa shape index (κ1) is 19.1. The zero-order chi connectivity index (χ0) is 16.5. The summed E-state index contributed by atoms with van der Waals surface area (Å²) >= 11 is 0. The molecule has 1 aliphatic rings. The number of likely N-dealkylation sites (tertiary alicyclic amines) is 1. The highest BCUT2D eigenvalue weighted by Crippen LogP contribution is 2.40. The van der Waals surface area contributed by atoms with Crippen LogP contribution < -0.4 is 24.0 Å². The van der Waals surface area contributed by atoms with E-state index in [9.17, 15) is 9.90 Å². The molecule has 4 heteroatoms. The highest BCUT2D eigenvalue weighted by atomic mass is 127. The van der Waals surface area contributed by atoms with Gasteiger partial charge >= 0.3 is 0 Å². The topological polar surface area (TPSA) is 37.3 Å². The summed E-state index contributed by atoms with van der Waals surface area (Å²) in [6.07, 6.45) is 0.591. The maximum Gasteiger partial charge on any atom is 0.174 e. The van der Waals surface area contributed by atoms with E-state index in [1.807, 2.05) is 60.7 Å². The molecule has 0 saturated carbocycles. The van der Waals surface area contributed by atoms with Gasteiger partial charge in [0.25, 0.3) is 0 Å². The Morgan fingerprint density at radius 3 is 2.17 bits per heavy atom. The summed E-state index contributed by atoms with van der Waals surface area (Å²) in [5, 5.41) is 11.4. The van der Waals surface area contributed by atoms with Gasteiger partial charge in [-0.1, -0.05) is 60.7 Å². The fourth-order valence-electron chi connectivity index (χ4n) is 3.56. The highest BCUT2D eigenvalue weighted by molar-refractivity contribution is 5.98. The van der Waals surface area contributed by atoms with E-state index in [4.69, 9.17) is 0 Å². The summed E-state index contributed by atoms with van der Waals surface area (Å²) in [5.74, 6) is -0.404. The molecule has 0 aromatic heterocycles. The third kappa shape index (κ3) is 3.71. The number of hydrogen-bond acceptors (Lipinski definition) is 2. The molecular weight excluding hydrogens is 413 g/mol. The van der Waals surface area contributed by atoms with Crippen molar-refractivity contribution in [2.45, 2.75) is 12.0 Å². The quantitative estimate of drug-likeness (QED) is 0.413. The number of carbonyl (C=O) groups excluding carboxylic acids is 1. The Balaban J connectivity index is 0.00000208. The van der Waals surface area contributed by atoms with Crippen LogP contribution in [0.4, 0.5) is 0 Å². The standard InChI is InChI=1S/C20H24NO2.HI/c1-21(2)14-13-20(23,17-11-7-4-8-12-17)18(15-21)19(22)16-9-5-3-6-10-16;/h3-12,18,23H,13-15H2,1-2H3;1H/q+1;/p-1. The van der Waals surface area contributed by atoms with Crippen molar-refractivity contribution in [1.29, 1.82) is 0 Å². The molecule has 24 heavy (non-hydrogen) atoms. The molecule has 2 atom stereocenters. The van der Waals surface area contributed by atoms with Gasteiger partial charge in [0.15, 0.2) is 5.78 Å². The summed E-state index contributed by atoms with van der Waals surface area (Å²) in [4.78, 5) is 13.1. The molecule has 128 valence electrons. The summed E-state index contributed by atoms with van der Waals surface area (Å²) in [7, 11) is 4.24. The number of nitrogens with zero attached hydrogens (tertiary/aromatic N) is 1. The Hall–Kier alpha value is -1.24. The first-order chi connectivity index (χ1) is 10.9. The van der Waals surface area contributed by atoms with Gasteiger partial charge in [0.05, 0.1) is 27.2 Å². The summed E-state index contributed by atoms with van der Waals surface area (Å²) in [5.41, 5.74) is 0.421. The molecule has 1 aliphatic heterocycles. The molecule has 1 N–H and O–H groups in total. The number of ketones is 1. The van der Waals surface area contributed by atoms with Crippen LogP contribution in [-0.4, -0.2) is 42.6 Å². The molecule has 2 unspecified atom stereocenters. The number of rotatable bonds is 3. The normalized spacial score (nSPS) is 25.5. The molecule has 2 aromatic rings. The van der Waals surface area contributed by atoms with Gasteiger partial charge in [0.2, 0.25) is 0 Å². The first-order valence-electron chi connectivity index (χ1n) is 8.12. The number of quaternary nitrogens is 1. The highest BCUT2D eigenvalue weighted by Gasteiger charge is 2.50. The average Bonchev–Trinajstić information content (AvgIpc) is 2.58. The summed E-state index contributed by atoms with van der Waals surface area (Å²) in [6.45, 7) is 1.49. The number of piperidine rings is 1. The first-order valence-corrected chi connectivity index (χ1v) is 8.12. The van der Waals surface area contributed by atoms with Gasteiger partial charge in [-0.15, -0.1) is 0 Å². The van der Waals surface area contributed by atoms with Crippen LogP contribution in [0.3, 0.4) is 0 Å². The monoisotopic (exact) mass is 437 g/mol. The van der Waals surface area contributed by atoms with Crippen LogP contribution in [0.25, 0.3) is 0 Å².